The lowest BCUT2D eigenvalue weighted by atomic mass is 10.1. The van der Waals surface area contributed by atoms with Gasteiger partial charge in [0.1, 0.15) is 0 Å². The van der Waals surface area contributed by atoms with E-state index >= 15 is 0 Å². The number of unbranched alkanes of at least 4 members (excludes halogenated alkanes) is 15. The Hall–Kier alpha value is 0.500. The third-order valence-electron chi connectivity index (χ3n) is 6.91. The van der Waals surface area contributed by atoms with Crippen molar-refractivity contribution >= 4 is 17.6 Å². The zero-order chi connectivity index (χ0) is 23.4. The molecule has 0 rings (SSSR count). The van der Waals surface area contributed by atoms with Gasteiger partial charge in [0.25, 0.3) is 0 Å². The van der Waals surface area contributed by atoms with Crippen LogP contribution in [0, 0.1) is 0 Å². The molecule has 0 bridgehead atoms. The third-order valence-corrected chi connectivity index (χ3v) is 14.8. The van der Waals surface area contributed by atoms with Crippen LogP contribution in [0.5, 0.6) is 0 Å². The van der Waals surface area contributed by atoms with Gasteiger partial charge in [-0.05, 0) is 43.4 Å². The van der Waals surface area contributed by atoms with E-state index in [0.717, 1.165) is 36.5 Å². The van der Waals surface area contributed by atoms with E-state index in [1.165, 1.54) is 96.3 Å². The van der Waals surface area contributed by atoms with Crippen molar-refractivity contribution in [2.45, 2.75) is 148 Å². The Morgan fingerprint density at radius 1 is 0.548 bits per heavy atom. The average molecular weight is 481 g/mol. The molecule has 3 nitrogen and oxygen atoms in total. The summed E-state index contributed by atoms with van der Waals surface area (Å²) in [6.07, 6.45) is 22.7. The third kappa shape index (κ3) is 15.9. The fourth-order valence-electron chi connectivity index (χ4n) is 4.62. The van der Waals surface area contributed by atoms with Crippen molar-refractivity contribution in [3.05, 3.63) is 0 Å². The van der Waals surface area contributed by atoms with Crippen LogP contribution in [-0.2, 0) is 4.57 Å². The molecule has 0 amide bonds. The first-order chi connectivity index (χ1) is 14.8. The van der Waals surface area contributed by atoms with Gasteiger partial charge in [-0.25, -0.2) is 10.0 Å². The number of hydrogen-bond donors (Lipinski definition) is 2. The molecule has 0 spiro atoms. The van der Waals surface area contributed by atoms with Crippen LogP contribution >= 0.6 is 17.6 Å². The summed E-state index contributed by atoms with van der Waals surface area (Å²) >= 11 is 0. The predicted molar refractivity (Wildman–Crippen MR) is 144 cm³/mol. The second-order valence-electron chi connectivity index (χ2n) is 9.72. The topological polar surface area (TPSA) is 57.5 Å². The predicted octanol–water partition coefficient (Wildman–Crippen LogP) is 9.40. The molecule has 0 aromatic heterocycles. The van der Waals surface area contributed by atoms with Gasteiger partial charge in [-0.15, -0.1) is 0 Å². The molecule has 2 N–H and O–H groups in total. The molecule has 190 valence electrons. The average Bonchev–Trinajstić information content (AvgIpc) is 2.73. The standard InChI is InChI=1S/C26H57O3PS/c1-5-8-11-14-17-20-23-31(26(4)30(27,28)29,24-21-18-15-12-9-6-2)25-22-19-16-13-10-7-3/h26H,5-25H2,1-4H3,(H2,27,28,29). The fraction of sp³-hybridized carbons (Fsp3) is 1.00. The fourth-order valence-corrected chi connectivity index (χ4v) is 11.9. The highest BCUT2D eigenvalue weighted by atomic mass is 32.3. The molecule has 5 heteroatoms. The zero-order valence-electron chi connectivity index (χ0n) is 21.6. The molecular formula is C26H57O3PS. The molecule has 0 radical (unpaired) electrons. The van der Waals surface area contributed by atoms with Gasteiger partial charge in [0, 0.05) is 0 Å². The summed E-state index contributed by atoms with van der Waals surface area (Å²) < 4.78 is 12.4. The lowest BCUT2D eigenvalue weighted by Gasteiger charge is -2.46. The van der Waals surface area contributed by atoms with Crippen LogP contribution in [0.2, 0.25) is 0 Å². The van der Waals surface area contributed by atoms with Gasteiger partial charge in [-0.2, -0.15) is 0 Å². The van der Waals surface area contributed by atoms with Crippen molar-refractivity contribution in [3.63, 3.8) is 0 Å². The quantitative estimate of drug-likeness (QED) is 0.113. The van der Waals surface area contributed by atoms with E-state index in [1.807, 2.05) is 6.92 Å². The monoisotopic (exact) mass is 480 g/mol. The van der Waals surface area contributed by atoms with Gasteiger partial charge in [0.05, 0.1) is 4.99 Å². The molecule has 0 heterocycles. The summed E-state index contributed by atoms with van der Waals surface area (Å²) in [5.41, 5.74) is 0. The Morgan fingerprint density at radius 3 is 1.06 bits per heavy atom. The lowest BCUT2D eigenvalue weighted by molar-refractivity contribution is 0.371. The molecule has 0 aliphatic heterocycles. The molecule has 1 unspecified atom stereocenters. The van der Waals surface area contributed by atoms with Crippen LogP contribution in [0.15, 0.2) is 0 Å². The minimum absolute atomic E-state index is 0.429. The van der Waals surface area contributed by atoms with Gasteiger partial charge in [-0.1, -0.05) is 117 Å². The van der Waals surface area contributed by atoms with Crippen LogP contribution < -0.4 is 0 Å². The van der Waals surface area contributed by atoms with Crippen molar-refractivity contribution in [2.75, 3.05) is 17.3 Å². The van der Waals surface area contributed by atoms with E-state index in [4.69, 9.17) is 0 Å². The van der Waals surface area contributed by atoms with Crippen LogP contribution in [0.25, 0.3) is 0 Å². The maximum Gasteiger partial charge on any atom is 0.336 e. The van der Waals surface area contributed by atoms with Crippen LogP contribution in [0.1, 0.15) is 143 Å². The van der Waals surface area contributed by atoms with E-state index in [-0.39, 0.29) is 0 Å². The van der Waals surface area contributed by atoms with Gasteiger partial charge < -0.3 is 9.79 Å². The first-order valence-corrected chi connectivity index (χ1v) is 17.5. The Labute approximate surface area is 197 Å². The molecule has 0 saturated heterocycles. The van der Waals surface area contributed by atoms with Crippen molar-refractivity contribution in [1.82, 2.24) is 0 Å². The highest BCUT2D eigenvalue weighted by Crippen LogP contribution is 2.66. The first kappa shape index (κ1) is 31.5. The van der Waals surface area contributed by atoms with Gasteiger partial charge in [-0.3, -0.25) is 4.57 Å². The smallest absolute Gasteiger partial charge is 0.324 e. The van der Waals surface area contributed by atoms with Crippen molar-refractivity contribution in [3.8, 4) is 0 Å². The molecule has 31 heavy (non-hydrogen) atoms. The van der Waals surface area contributed by atoms with E-state index in [1.54, 1.807) is 0 Å². The SMILES string of the molecule is CCCCCCCCS(CCCCCCCC)(CCCCCCCC)C(C)P(=O)(O)O. The van der Waals surface area contributed by atoms with Gasteiger partial charge in [0.2, 0.25) is 0 Å². The molecule has 1 atom stereocenters. The molecule has 0 fully saturated rings. The molecule has 0 aromatic rings. The Kier molecular flexibility index (Phi) is 20.2. The number of rotatable bonds is 23. The van der Waals surface area contributed by atoms with Crippen LogP contribution in [-0.4, -0.2) is 32.0 Å². The van der Waals surface area contributed by atoms with Crippen LogP contribution in [0.4, 0.5) is 0 Å². The van der Waals surface area contributed by atoms with E-state index in [2.05, 4.69) is 20.8 Å². The molecule has 0 aromatic carbocycles. The van der Waals surface area contributed by atoms with E-state index < -0.39 is 22.6 Å². The summed E-state index contributed by atoms with van der Waals surface area (Å²) in [6.45, 7) is 8.63. The van der Waals surface area contributed by atoms with Crippen LogP contribution in [0.3, 0.4) is 0 Å². The highest BCUT2D eigenvalue weighted by Gasteiger charge is 2.39. The highest BCUT2D eigenvalue weighted by molar-refractivity contribution is 8.36. The normalized spacial score (nSPS) is 14.1. The molecule has 0 aliphatic carbocycles. The Morgan fingerprint density at radius 2 is 0.806 bits per heavy atom. The number of hydrogen-bond acceptors (Lipinski definition) is 1. The zero-order valence-corrected chi connectivity index (χ0v) is 23.3. The molecule has 0 saturated carbocycles. The van der Waals surface area contributed by atoms with Crippen molar-refractivity contribution < 1.29 is 14.4 Å². The molecule has 0 aliphatic rings. The minimum Gasteiger partial charge on any atom is -0.324 e. The first-order valence-electron chi connectivity index (χ1n) is 13.6. The van der Waals surface area contributed by atoms with Crippen molar-refractivity contribution in [2.24, 2.45) is 0 Å². The Bertz CT molecular complexity index is 398. The summed E-state index contributed by atoms with van der Waals surface area (Å²) in [4.78, 5) is 19.9. The summed E-state index contributed by atoms with van der Waals surface area (Å²) in [5, 5.41) is 0. The summed E-state index contributed by atoms with van der Waals surface area (Å²) in [5.74, 6) is 3.24. The van der Waals surface area contributed by atoms with Gasteiger partial charge in [0.15, 0.2) is 0 Å². The van der Waals surface area contributed by atoms with E-state index in [9.17, 15) is 14.4 Å². The molecular weight excluding hydrogens is 423 g/mol. The maximum atomic E-state index is 12.4. The van der Waals surface area contributed by atoms with E-state index in [0.29, 0.717) is 0 Å². The summed E-state index contributed by atoms with van der Waals surface area (Å²) in [6, 6.07) is 0. The minimum atomic E-state index is -4.04. The lowest BCUT2D eigenvalue weighted by Crippen LogP contribution is -2.25. The van der Waals surface area contributed by atoms with Crippen molar-refractivity contribution in [1.29, 1.82) is 0 Å². The second kappa shape index (κ2) is 19.9. The van der Waals surface area contributed by atoms with Gasteiger partial charge >= 0.3 is 7.60 Å². The Balaban J connectivity index is 5.01. The second-order valence-corrected chi connectivity index (χ2v) is 16.2. The maximum absolute atomic E-state index is 12.4. The largest absolute Gasteiger partial charge is 0.336 e. The summed E-state index contributed by atoms with van der Waals surface area (Å²) in [7, 11) is -5.31.